The number of amides is 1. The summed E-state index contributed by atoms with van der Waals surface area (Å²) >= 11 is 3.41. The molecule has 2 heterocycles. The molecule has 1 aliphatic heterocycles. The summed E-state index contributed by atoms with van der Waals surface area (Å²) in [6.07, 6.45) is 2.35. The molecule has 3 rings (SSSR count). The van der Waals surface area contributed by atoms with E-state index in [1.807, 2.05) is 11.0 Å². The third-order valence-electron chi connectivity index (χ3n) is 3.00. The van der Waals surface area contributed by atoms with Gasteiger partial charge in [0, 0.05) is 25.1 Å². The van der Waals surface area contributed by atoms with Crippen molar-refractivity contribution in [3.8, 4) is 0 Å². The highest BCUT2D eigenvalue weighted by molar-refractivity contribution is 9.10. The largest absolute Gasteiger partial charge is 0.353 e. The lowest BCUT2D eigenvalue weighted by molar-refractivity contribution is -0.120. The second-order valence-electron chi connectivity index (χ2n) is 4.45. The van der Waals surface area contributed by atoms with Gasteiger partial charge in [0.05, 0.1) is 6.54 Å². The molecular weight excluding hydrogens is 284 g/mol. The maximum Gasteiger partial charge on any atom is 0.239 e. The number of aromatic nitrogens is 2. The molecule has 2 aliphatic rings. The van der Waals surface area contributed by atoms with Gasteiger partial charge in [-0.05, 0) is 28.8 Å². The van der Waals surface area contributed by atoms with E-state index in [2.05, 4.69) is 31.2 Å². The van der Waals surface area contributed by atoms with Gasteiger partial charge in [-0.1, -0.05) is 0 Å². The lowest BCUT2D eigenvalue weighted by Crippen LogP contribution is -2.48. The number of hydrogen-bond donors (Lipinski definition) is 1. The Hall–Kier alpha value is -1.17. The minimum absolute atomic E-state index is 0.0546. The molecule has 0 radical (unpaired) electrons. The molecule has 2 fully saturated rings. The second kappa shape index (κ2) is 4.25. The highest BCUT2D eigenvalue weighted by atomic mass is 79.9. The molecule has 17 heavy (non-hydrogen) atoms. The third kappa shape index (κ3) is 2.41. The first-order chi connectivity index (χ1) is 8.22. The molecule has 0 spiro atoms. The van der Waals surface area contributed by atoms with Gasteiger partial charge >= 0.3 is 0 Å². The Bertz CT molecular complexity index is 461. The molecular formula is C11H13BrN4O. The van der Waals surface area contributed by atoms with Crippen molar-refractivity contribution in [3.63, 3.8) is 0 Å². The Kier molecular flexibility index (Phi) is 2.74. The molecule has 1 aromatic rings. The zero-order valence-electron chi connectivity index (χ0n) is 9.32. The highest BCUT2D eigenvalue weighted by Gasteiger charge is 2.28. The summed E-state index contributed by atoms with van der Waals surface area (Å²) in [7, 11) is 0. The van der Waals surface area contributed by atoms with Gasteiger partial charge in [0.25, 0.3) is 0 Å². The van der Waals surface area contributed by atoms with Crippen molar-refractivity contribution in [3.05, 3.63) is 16.5 Å². The van der Waals surface area contributed by atoms with Crippen LogP contribution in [0.1, 0.15) is 24.6 Å². The number of rotatable bonds is 2. The van der Waals surface area contributed by atoms with Crippen LogP contribution in [0.2, 0.25) is 0 Å². The zero-order valence-corrected chi connectivity index (χ0v) is 10.9. The number of anilines is 1. The number of nitrogens with one attached hydrogen (secondary N) is 1. The monoisotopic (exact) mass is 296 g/mol. The normalized spacial score (nSPS) is 20.3. The molecule has 0 bridgehead atoms. The summed E-state index contributed by atoms with van der Waals surface area (Å²) in [6, 6.07) is 1.88. The fraction of sp³-hybridized carbons (Fsp3) is 0.545. The SMILES string of the molecule is O=C1CN(c2cc(Br)nc(C3CC3)n2)CCN1. The molecule has 1 N–H and O–H groups in total. The summed E-state index contributed by atoms with van der Waals surface area (Å²) in [5, 5.41) is 2.81. The maximum atomic E-state index is 11.4. The van der Waals surface area contributed by atoms with Crippen molar-refractivity contribution < 1.29 is 4.79 Å². The number of carbonyl (C=O) groups excluding carboxylic acids is 1. The molecule has 90 valence electrons. The first kappa shape index (κ1) is 11.0. The van der Waals surface area contributed by atoms with Crippen molar-refractivity contribution in [2.75, 3.05) is 24.5 Å². The molecule has 0 atom stereocenters. The predicted molar refractivity (Wildman–Crippen MR) is 66.9 cm³/mol. The molecule has 5 nitrogen and oxygen atoms in total. The summed E-state index contributed by atoms with van der Waals surface area (Å²) in [6.45, 7) is 1.87. The van der Waals surface area contributed by atoms with Gasteiger partial charge in [-0.25, -0.2) is 9.97 Å². The molecule has 1 amide bonds. The van der Waals surface area contributed by atoms with E-state index in [-0.39, 0.29) is 5.91 Å². The Morgan fingerprint density at radius 3 is 2.94 bits per heavy atom. The van der Waals surface area contributed by atoms with Crippen LogP contribution in [-0.2, 0) is 4.79 Å². The third-order valence-corrected chi connectivity index (χ3v) is 3.41. The minimum atomic E-state index is 0.0546. The van der Waals surface area contributed by atoms with Crippen molar-refractivity contribution in [1.82, 2.24) is 15.3 Å². The van der Waals surface area contributed by atoms with Crippen LogP contribution in [-0.4, -0.2) is 35.5 Å². The average molecular weight is 297 g/mol. The van der Waals surface area contributed by atoms with Crippen LogP contribution in [0.25, 0.3) is 0 Å². The number of piperazine rings is 1. The number of hydrogen-bond acceptors (Lipinski definition) is 4. The van der Waals surface area contributed by atoms with Crippen LogP contribution in [0.4, 0.5) is 5.82 Å². The number of halogens is 1. The quantitative estimate of drug-likeness (QED) is 0.829. The Morgan fingerprint density at radius 1 is 1.41 bits per heavy atom. The van der Waals surface area contributed by atoms with E-state index in [0.717, 1.165) is 22.8 Å². The van der Waals surface area contributed by atoms with Gasteiger partial charge in [-0.2, -0.15) is 0 Å². The maximum absolute atomic E-state index is 11.4. The smallest absolute Gasteiger partial charge is 0.239 e. The van der Waals surface area contributed by atoms with Gasteiger partial charge in [0.2, 0.25) is 5.91 Å². The van der Waals surface area contributed by atoms with E-state index in [9.17, 15) is 4.79 Å². The Balaban J connectivity index is 1.88. The predicted octanol–water partition coefficient (Wildman–Crippen LogP) is 1.05. The summed E-state index contributed by atoms with van der Waals surface area (Å²) in [5.74, 6) is 2.33. The van der Waals surface area contributed by atoms with E-state index in [4.69, 9.17) is 0 Å². The Morgan fingerprint density at radius 2 is 2.24 bits per heavy atom. The fourth-order valence-electron chi connectivity index (χ4n) is 1.94. The van der Waals surface area contributed by atoms with E-state index in [0.29, 0.717) is 19.0 Å². The molecule has 1 aliphatic carbocycles. The number of nitrogens with zero attached hydrogens (tertiary/aromatic N) is 3. The molecule has 1 saturated heterocycles. The molecule has 1 aromatic heterocycles. The molecule has 0 aromatic carbocycles. The van der Waals surface area contributed by atoms with Crippen molar-refractivity contribution >= 4 is 27.7 Å². The average Bonchev–Trinajstić information content (AvgIpc) is 3.12. The van der Waals surface area contributed by atoms with E-state index < -0.39 is 0 Å². The van der Waals surface area contributed by atoms with Gasteiger partial charge in [0.1, 0.15) is 16.2 Å². The lowest BCUT2D eigenvalue weighted by Gasteiger charge is -2.27. The summed E-state index contributed by atoms with van der Waals surface area (Å²) in [4.78, 5) is 22.3. The van der Waals surface area contributed by atoms with Crippen molar-refractivity contribution in [2.45, 2.75) is 18.8 Å². The highest BCUT2D eigenvalue weighted by Crippen LogP contribution is 2.39. The standard InChI is InChI=1S/C11H13BrN4O/c12-8-5-9(15-11(14-8)7-1-2-7)16-4-3-13-10(17)6-16/h5,7H,1-4,6H2,(H,13,17). The van der Waals surface area contributed by atoms with E-state index in [1.165, 1.54) is 12.8 Å². The van der Waals surface area contributed by atoms with Crippen LogP contribution in [0.3, 0.4) is 0 Å². The van der Waals surface area contributed by atoms with Crippen molar-refractivity contribution in [1.29, 1.82) is 0 Å². The van der Waals surface area contributed by atoms with Gasteiger partial charge in [0.15, 0.2) is 0 Å². The Labute approximate surface area is 108 Å². The van der Waals surface area contributed by atoms with Gasteiger partial charge in [-0.15, -0.1) is 0 Å². The van der Waals surface area contributed by atoms with Crippen LogP contribution in [0, 0.1) is 0 Å². The van der Waals surface area contributed by atoms with Gasteiger partial charge in [-0.3, -0.25) is 4.79 Å². The second-order valence-corrected chi connectivity index (χ2v) is 5.27. The van der Waals surface area contributed by atoms with E-state index in [1.54, 1.807) is 0 Å². The zero-order chi connectivity index (χ0) is 11.8. The van der Waals surface area contributed by atoms with Crippen LogP contribution in [0.5, 0.6) is 0 Å². The van der Waals surface area contributed by atoms with E-state index >= 15 is 0 Å². The first-order valence-corrected chi connectivity index (χ1v) is 6.58. The van der Waals surface area contributed by atoms with Crippen LogP contribution >= 0.6 is 15.9 Å². The summed E-state index contributed by atoms with van der Waals surface area (Å²) in [5.41, 5.74) is 0. The topological polar surface area (TPSA) is 58.1 Å². The minimum Gasteiger partial charge on any atom is -0.353 e. The van der Waals surface area contributed by atoms with Crippen LogP contribution in [0.15, 0.2) is 10.7 Å². The van der Waals surface area contributed by atoms with Crippen molar-refractivity contribution in [2.24, 2.45) is 0 Å². The van der Waals surface area contributed by atoms with Gasteiger partial charge < -0.3 is 10.2 Å². The lowest BCUT2D eigenvalue weighted by atomic mass is 10.3. The molecule has 6 heteroatoms. The number of carbonyl (C=O) groups is 1. The fourth-order valence-corrected chi connectivity index (χ4v) is 2.33. The first-order valence-electron chi connectivity index (χ1n) is 5.78. The summed E-state index contributed by atoms with van der Waals surface area (Å²) < 4.78 is 0.801. The molecule has 1 saturated carbocycles. The molecule has 0 unspecified atom stereocenters. The van der Waals surface area contributed by atoms with Crippen LogP contribution < -0.4 is 10.2 Å².